The van der Waals surface area contributed by atoms with Crippen molar-refractivity contribution in [1.29, 1.82) is 0 Å². The Morgan fingerprint density at radius 3 is 2.74 bits per heavy atom. The molecule has 0 fully saturated rings. The molecule has 0 aromatic heterocycles. The number of hydrogen-bond donors (Lipinski definition) is 2. The monoisotopic (exact) mass is 289 g/mol. The number of rotatable bonds is 5. The van der Waals surface area contributed by atoms with Gasteiger partial charge in [-0.15, -0.1) is 0 Å². The predicted octanol–water partition coefficient (Wildman–Crippen LogP) is 2.13. The van der Waals surface area contributed by atoms with Gasteiger partial charge in [0.25, 0.3) is 5.91 Å². The zero-order valence-corrected chi connectivity index (χ0v) is 11.8. The summed E-state index contributed by atoms with van der Waals surface area (Å²) < 4.78 is 18.0. The van der Waals surface area contributed by atoms with E-state index in [0.717, 1.165) is 6.07 Å². The summed E-state index contributed by atoms with van der Waals surface area (Å²) in [7, 11) is 0. The second kappa shape index (κ2) is 6.21. The summed E-state index contributed by atoms with van der Waals surface area (Å²) in [4.78, 5) is 11.7. The van der Waals surface area contributed by atoms with E-state index in [1.807, 2.05) is 0 Å². The number of nitrogens with one attached hydrogen (secondary N) is 1. The van der Waals surface area contributed by atoms with E-state index in [4.69, 9.17) is 16.3 Å². The number of ether oxygens (including phenoxy) is 1. The Morgan fingerprint density at radius 1 is 1.58 bits per heavy atom. The van der Waals surface area contributed by atoms with Crippen molar-refractivity contribution in [3.05, 3.63) is 29.0 Å². The second-order valence-corrected chi connectivity index (χ2v) is 5.22. The van der Waals surface area contributed by atoms with Crippen molar-refractivity contribution in [2.75, 3.05) is 6.61 Å². The van der Waals surface area contributed by atoms with Crippen molar-refractivity contribution in [1.82, 2.24) is 5.32 Å². The van der Waals surface area contributed by atoms with E-state index in [1.165, 1.54) is 12.1 Å². The number of amides is 1. The van der Waals surface area contributed by atoms with Gasteiger partial charge in [-0.1, -0.05) is 11.6 Å². The molecule has 0 heterocycles. The number of carbonyl (C=O) groups excluding carboxylic acids is 1. The zero-order chi connectivity index (χ0) is 14.6. The highest BCUT2D eigenvalue weighted by molar-refractivity contribution is 6.32. The lowest BCUT2D eigenvalue weighted by molar-refractivity contribution is -0.126. The lowest BCUT2D eigenvalue weighted by Gasteiger charge is -2.29. The van der Waals surface area contributed by atoms with Crippen LogP contribution in [0.25, 0.3) is 0 Å². The Morgan fingerprint density at radius 2 is 2.21 bits per heavy atom. The molecule has 1 atom stereocenters. The molecule has 1 unspecified atom stereocenters. The van der Waals surface area contributed by atoms with Crippen LogP contribution in [-0.2, 0) is 4.79 Å². The average molecular weight is 290 g/mol. The van der Waals surface area contributed by atoms with Crippen LogP contribution in [0.5, 0.6) is 5.75 Å². The van der Waals surface area contributed by atoms with E-state index in [2.05, 4.69) is 5.32 Å². The summed E-state index contributed by atoms with van der Waals surface area (Å²) >= 11 is 5.76. The molecule has 19 heavy (non-hydrogen) atoms. The van der Waals surface area contributed by atoms with Crippen LogP contribution >= 0.6 is 11.6 Å². The van der Waals surface area contributed by atoms with E-state index in [1.54, 1.807) is 20.8 Å². The molecule has 1 rings (SSSR count). The molecule has 0 aliphatic carbocycles. The highest BCUT2D eigenvalue weighted by Gasteiger charge is 2.26. The summed E-state index contributed by atoms with van der Waals surface area (Å²) in [6, 6.07) is 3.65. The van der Waals surface area contributed by atoms with Gasteiger partial charge >= 0.3 is 0 Å². The van der Waals surface area contributed by atoms with Gasteiger partial charge in [0, 0.05) is 0 Å². The maximum absolute atomic E-state index is 12.8. The van der Waals surface area contributed by atoms with Gasteiger partial charge in [-0.25, -0.2) is 4.39 Å². The topological polar surface area (TPSA) is 58.6 Å². The first kappa shape index (κ1) is 15.7. The van der Waals surface area contributed by atoms with Gasteiger partial charge in [0.05, 0.1) is 16.7 Å². The van der Waals surface area contributed by atoms with Crippen molar-refractivity contribution in [3.63, 3.8) is 0 Å². The Balaban J connectivity index is 2.55. The molecule has 106 valence electrons. The smallest absolute Gasteiger partial charge is 0.258 e. The average Bonchev–Trinajstić information content (AvgIpc) is 2.27. The number of carbonyl (C=O) groups is 1. The van der Waals surface area contributed by atoms with Crippen molar-refractivity contribution in [3.8, 4) is 5.75 Å². The molecule has 0 saturated carbocycles. The first-order valence-electron chi connectivity index (χ1n) is 5.79. The van der Waals surface area contributed by atoms with Crippen LogP contribution in [-0.4, -0.2) is 29.3 Å². The van der Waals surface area contributed by atoms with Gasteiger partial charge in [-0.05, 0) is 39.0 Å². The van der Waals surface area contributed by atoms with Crippen LogP contribution in [0.3, 0.4) is 0 Å². The van der Waals surface area contributed by atoms with Gasteiger partial charge in [-0.3, -0.25) is 4.79 Å². The summed E-state index contributed by atoms with van der Waals surface area (Å²) in [6.45, 7) is 4.71. The summed E-state index contributed by atoms with van der Waals surface area (Å²) in [5, 5.41) is 12.2. The lowest BCUT2D eigenvalue weighted by atomic mass is 9.99. The Hall–Kier alpha value is -1.33. The molecule has 0 aliphatic rings. The second-order valence-electron chi connectivity index (χ2n) is 4.81. The maximum atomic E-state index is 12.8. The van der Waals surface area contributed by atoms with E-state index < -0.39 is 23.4 Å². The molecular weight excluding hydrogens is 273 g/mol. The number of benzene rings is 1. The number of hydrogen-bond acceptors (Lipinski definition) is 3. The molecule has 0 saturated heterocycles. The Kier molecular flexibility index (Phi) is 5.14. The minimum absolute atomic E-state index is 0.0996. The van der Waals surface area contributed by atoms with Crippen molar-refractivity contribution < 1.29 is 19.0 Å². The van der Waals surface area contributed by atoms with Crippen molar-refractivity contribution in [2.45, 2.75) is 32.4 Å². The zero-order valence-electron chi connectivity index (χ0n) is 11.0. The Labute approximate surface area is 116 Å². The molecule has 1 aromatic carbocycles. The van der Waals surface area contributed by atoms with Crippen LogP contribution in [0.2, 0.25) is 5.02 Å². The third-order valence-corrected chi connectivity index (χ3v) is 3.05. The third kappa shape index (κ3) is 4.69. The normalized spacial score (nSPS) is 12.9. The predicted molar refractivity (Wildman–Crippen MR) is 70.8 cm³/mol. The van der Waals surface area contributed by atoms with E-state index in [0.29, 0.717) is 0 Å². The summed E-state index contributed by atoms with van der Waals surface area (Å²) in [5.74, 6) is -0.642. The van der Waals surface area contributed by atoms with Crippen LogP contribution < -0.4 is 10.1 Å². The quantitative estimate of drug-likeness (QED) is 0.873. The minimum atomic E-state index is -0.757. The van der Waals surface area contributed by atoms with Crippen molar-refractivity contribution >= 4 is 17.5 Å². The standard InChI is InChI=1S/C13H17ClFNO3/c1-8(17)13(2,3)16-12(18)7-19-11-5-4-9(15)6-10(11)14/h4-6,8,17H,7H2,1-3H3,(H,16,18). The fraction of sp³-hybridized carbons (Fsp3) is 0.462. The largest absolute Gasteiger partial charge is 0.482 e. The number of aliphatic hydroxyl groups is 1. The molecule has 1 aromatic rings. The van der Waals surface area contributed by atoms with Crippen LogP contribution in [0.1, 0.15) is 20.8 Å². The molecule has 0 aliphatic heterocycles. The first-order valence-corrected chi connectivity index (χ1v) is 6.17. The van der Waals surface area contributed by atoms with Gasteiger partial charge in [0.1, 0.15) is 11.6 Å². The summed E-state index contributed by atoms with van der Waals surface area (Å²) in [5.41, 5.74) is -0.757. The number of aliphatic hydroxyl groups excluding tert-OH is 1. The molecular formula is C13H17ClFNO3. The fourth-order valence-electron chi connectivity index (χ4n) is 1.24. The molecule has 4 nitrogen and oxygen atoms in total. The van der Waals surface area contributed by atoms with E-state index in [-0.39, 0.29) is 17.4 Å². The Bertz CT molecular complexity index is 463. The van der Waals surface area contributed by atoms with Crippen LogP contribution in [0.15, 0.2) is 18.2 Å². The maximum Gasteiger partial charge on any atom is 0.258 e. The van der Waals surface area contributed by atoms with E-state index in [9.17, 15) is 14.3 Å². The summed E-state index contributed by atoms with van der Waals surface area (Å²) in [6.07, 6.45) is -0.703. The molecule has 0 radical (unpaired) electrons. The van der Waals surface area contributed by atoms with Crippen molar-refractivity contribution in [2.24, 2.45) is 0 Å². The first-order chi connectivity index (χ1) is 8.72. The minimum Gasteiger partial charge on any atom is -0.482 e. The highest BCUT2D eigenvalue weighted by Crippen LogP contribution is 2.24. The van der Waals surface area contributed by atoms with Gasteiger partial charge in [0.15, 0.2) is 6.61 Å². The fourth-order valence-corrected chi connectivity index (χ4v) is 1.46. The number of halogens is 2. The van der Waals surface area contributed by atoms with E-state index >= 15 is 0 Å². The lowest BCUT2D eigenvalue weighted by Crippen LogP contribution is -2.52. The molecule has 0 spiro atoms. The van der Waals surface area contributed by atoms with Gasteiger partial charge in [-0.2, -0.15) is 0 Å². The third-order valence-electron chi connectivity index (χ3n) is 2.76. The highest BCUT2D eigenvalue weighted by atomic mass is 35.5. The molecule has 1 amide bonds. The molecule has 6 heteroatoms. The molecule has 2 N–H and O–H groups in total. The van der Waals surface area contributed by atoms with Crippen LogP contribution in [0.4, 0.5) is 4.39 Å². The molecule has 0 bridgehead atoms. The SMILES string of the molecule is CC(O)C(C)(C)NC(=O)COc1ccc(F)cc1Cl. The van der Waals surface area contributed by atoms with Gasteiger partial charge < -0.3 is 15.2 Å². The van der Waals surface area contributed by atoms with Gasteiger partial charge in [0.2, 0.25) is 0 Å². The van der Waals surface area contributed by atoms with Crippen LogP contribution in [0, 0.1) is 5.82 Å².